The lowest BCUT2D eigenvalue weighted by Gasteiger charge is -2.12. The molecule has 0 unspecified atom stereocenters. The molecule has 2 aromatic carbocycles. The van der Waals surface area contributed by atoms with Gasteiger partial charge in [0.15, 0.2) is 28.6 Å². The quantitative estimate of drug-likeness (QED) is 0.633. The largest absolute Gasteiger partial charge is 0.507 e. The Balaban J connectivity index is 2.43. The highest BCUT2D eigenvalue weighted by molar-refractivity contribution is 5.91. The van der Waals surface area contributed by atoms with Crippen LogP contribution < -0.4 is 14.9 Å². The smallest absolute Gasteiger partial charge is 0.239 e. The Bertz CT molecular complexity index is 988. The average molecular weight is 330 g/mol. The Morgan fingerprint density at radius 2 is 1.62 bits per heavy atom. The molecule has 0 spiro atoms. The number of hydrogen-bond donors (Lipinski definition) is 3. The van der Waals surface area contributed by atoms with Crippen LogP contribution in [0.2, 0.25) is 0 Å². The zero-order chi connectivity index (χ0) is 17.4. The predicted molar refractivity (Wildman–Crippen MR) is 86.0 cm³/mol. The highest BCUT2D eigenvalue weighted by Crippen LogP contribution is 2.39. The topological polar surface area (TPSA) is 109 Å². The zero-order valence-corrected chi connectivity index (χ0v) is 12.9. The summed E-state index contributed by atoms with van der Waals surface area (Å²) in [4.78, 5) is 12.7. The maximum atomic E-state index is 12.7. The Kier molecular flexibility index (Phi) is 3.69. The SMILES string of the molecule is COc1c(-c2ccc(O)c(O)c2)oc2c(OC)ccc(O)c2c1=O. The standard InChI is InChI=1S/C17H14O7/c1-22-12-6-5-10(19)13-14(21)17(23-2)15(24-16(12)13)8-3-4-9(18)11(20)7-8/h3-7,18-20H,1-2H3. The van der Waals surface area contributed by atoms with Crippen molar-refractivity contribution < 1.29 is 29.2 Å². The van der Waals surface area contributed by atoms with Crippen LogP contribution in [0.5, 0.6) is 28.7 Å². The second kappa shape index (κ2) is 5.69. The maximum absolute atomic E-state index is 12.7. The van der Waals surface area contributed by atoms with E-state index in [9.17, 15) is 20.1 Å². The van der Waals surface area contributed by atoms with Gasteiger partial charge < -0.3 is 29.2 Å². The van der Waals surface area contributed by atoms with Crippen LogP contribution in [0.4, 0.5) is 0 Å². The van der Waals surface area contributed by atoms with Gasteiger partial charge in [0, 0.05) is 5.56 Å². The Labute approximate surface area is 135 Å². The van der Waals surface area contributed by atoms with Crippen molar-refractivity contribution in [3.63, 3.8) is 0 Å². The van der Waals surface area contributed by atoms with Crippen LogP contribution >= 0.6 is 0 Å². The molecule has 0 aliphatic heterocycles. The lowest BCUT2D eigenvalue weighted by molar-refractivity contribution is 0.388. The van der Waals surface area contributed by atoms with Gasteiger partial charge in [0.1, 0.15) is 11.1 Å². The van der Waals surface area contributed by atoms with Crippen molar-refractivity contribution in [1.29, 1.82) is 0 Å². The molecule has 0 aliphatic carbocycles. The number of aromatic hydroxyl groups is 3. The van der Waals surface area contributed by atoms with E-state index in [1.54, 1.807) is 0 Å². The summed E-state index contributed by atoms with van der Waals surface area (Å²) in [5.41, 5.74) is -0.227. The molecule has 0 fully saturated rings. The molecule has 24 heavy (non-hydrogen) atoms. The van der Waals surface area contributed by atoms with Crippen molar-refractivity contribution in [2.75, 3.05) is 14.2 Å². The molecule has 7 nitrogen and oxygen atoms in total. The van der Waals surface area contributed by atoms with Crippen LogP contribution in [0.3, 0.4) is 0 Å². The minimum Gasteiger partial charge on any atom is -0.507 e. The monoisotopic (exact) mass is 330 g/mol. The summed E-state index contributed by atoms with van der Waals surface area (Å²) in [5, 5.41) is 29.0. The van der Waals surface area contributed by atoms with Crippen LogP contribution in [0.25, 0.3) is 22.3 Å². The number of benzene rings is 2. The van der Waals surface area contributed by atoms with Crippen molar-refractivity contribution in [3.8, 4) is 40.1 Å². The third-order valence-corrected chi connectivity index (χ3v) is 3.60. The number of fused-ring (bicyclic) bond motifs is 1. The summed E-state index contributed by atoms with van der Waals surface area (Å²) in [7, 11) is 2.70. The van der Waals surface area contributed by atoms with E-state index in [-0.39, 0.29) is 45.5 Å². The van der Waals surface area contributed by atoms with E-state index in [0.717, 1.165) is 0 Å². The second-order valence-electron chi connectivity index (χ2n) is 4.99. The molecule has 0 saturated carbocycles. The molecule has 124 valence electrons. The van der Waals surface area contributed by atoms with Crippen LogP contribution in [0.15, 0.2) is 39.5 Å². The molecule has 0 bridgehead atoms. The molecule has 1 heterocycles. The molecule has 0 aliphatic rings. The molecule has 0 amide bonds. The average Bonchev–Trinajstić information content (AvgIpc) is 2.57. The van der Waals surface area contributed by atoms with E-state index in [1.807, 2.05) is 0 Å². The Hall–Kier alpha value is -3.35. The fourth-order valence-electron chi connectivity index (χ4n) is 2.44. The van der Waals surface area contributed by atoms with E-state index in [1.165, 1.54) is 44.6 Å². The zero-order valence-electron chi connectivity index (χ0n) is 12.9. The van der Waals surface area contributed by atoms with Crippen molar-refractivity contribution in [1.82, 2.24) is 0 Å². The highest BCUT2D eigenvalue weighted by Gasteiger charge is 2.22. The fourth-order valence-corrected chi connectivity index (χ4v) is 2.44. The van der Waals surface area contributed by atoms with Crippen LogP contribution in [-0.4, -0.2) is 29.5 Å². The van der Waals surface area contributed by atoms with Crippen molar-refractivity contribution in [2.45, 2.75) is 0 Å². The summed E-state index contributed by atoms with van der Waals surface area (Å²) in [6.45, 7) is 0. The maximum Gasteiger partial charge on any atom is 0.239 e. The van der Waals surface area contributed by atoms with E-state index in [2.05, 4.69) is 0 Å². The number of rotatable bonds is 3. The summed E-state index contributed by atoms with van der Waals surface area (Å²) >= 11 is 0. The van der Waals surface area contributed by atoms with Crippen molar-refractivity contribution in [2.24, 2.45) is 0 Å². The lowest BCUT2D eigenvalue weighted by atomic mass is 10.1. The van der Waals surface area contributed by atoms with Crippen LogP contribution in [0.1, 0.15) is 0 Å². The number of hydrogen-bond acceptors (Lipinski definition) is 7. The third kappa shape index (κ3) is 2.26. The summed E-state index contributed by atoms with van der Waals surface area (Å²) < 4.78 is 16.1. The molecule has 0 atom stereocenters. The van der Waals surface area contributed by atoms with Gasteiger partial charge in [0.2, 0.25) is 11.2 Å². The minimum absolute atomic E-state index is 0.0363. The normalized spacial score (nSPS) is 10.8. The Morgan fingerprint density at radius 3 is 2.25 bits per heavy atom. The van der Waals surface area contributed by atoms with Gasteiger partial charge in [-0.15, -0.1) is 0 Å². The van der Waals surface area contributed by atoms with Crippen LogP contribution in [0, 0.1) is 0 Å². The van der Waals surface area contributed by atoms with Crippen molar-refractivity contribution >= 4 is 11.0 Å². The number of ether oxygens (including phenoxy) is 2. The second-order valence-corrected chi connectivity index (χ2v) is 4.99. The summed E-state index contributed by atoms with van der Waals surface area (Å²) in [6, 6.07) is 6.73. The van der Waals surface area contributed by atoms with Gasteiger partial charge >= 0.3 is 0 Å². The summed E-state index contributed by atoms with van der Waals surface area (Å²) in [5.74, 6) is -0.800. The molecule has 7 heteroatoms. The van der Waals surface area contributed by atoms with Gasteiger partial charge in [-0.05, 0) is 30.3 Å². The molecule has 1 aromatic heterocycles. The van der Waals surface area contributed by atoms with E-state index in [0.29, 0.717) is 5.56 Å². The number of phenols is 3. The Morgan fingerprint density at radius 1 is 0.917 bits per heavy atom. The number of methoxy groups -OCH3 is 2. The van der Waals surface area contributed by atoms with Gasteiger partial charge in [-0.1, -0.05) is 0 Å². The van der Waals surface area contributed by atoms with Gasteiger partial charge in [0.05, 0.1) is 14.2 Å². The van der Waals surface area contributed by atoms with Crippen LogP contribution in [-0.2, 0) is 0 Å². The molecular formula is C17H14O7. The fraction of sp³-hybridized carbons (Fsp3) is 0.118. The third-order valence-electron chi connectivity index (χ3n) is 3.60. The van der Waals surface area contributed by atoms with Gasteiger partial charge in [-0.3, -0.25) is 4.79 Å². The molecule has 0 saturated heterocycles. The minimum atomic E-state index is -0.585. The van der Waals surface area contributed by atoms with E-state index in [4.69, 9.17) is 13.9 Å². The molecule has 3 rings (SSSR count). The van der Waals surface area contributed by atoms with E-state index >= 15 is 0 Å². The number of phenolic OH excluding ortho intramolecular Hbond substituents is 3. The van der Waals surface area contributed by atoms with E-state index < -0.39 is 5.43 Å². The van der Waals surface area contributed by atoms with Gasteiger partial charge in [-0.25, -0.2) is 0 Å². The predicted octanol–water partition coefficient (Wildman–Crippen LogP) is 2.59. The lowest BCUT2D eigenvalue weighted by Crippen LogP contribution is -2.08. The molecular weight excluding hydrogens is 316 g/mol. The van der Waals surface area contributed by atoms with Gasteiger partial charge in [0.25, 0.3) is 0 Å². The first-order valence-corrected chi connectivity index (χ1v) is 6.91. The van der Waals surface area contributed by atoms with Gasteiger partial charge in [-0.2, -0.15) is 0 Å². The first-order chi connectivity index (χ1) is 11.5. The molecule has 0 radical (unpaired) electrons. The van der Waals surface area contributed by atoms with Crippen molar-refractivity contribution in [3.05, 3.63) is 40.6 Å². The summed E-state index contributed by atoms with van der Waals surface area (Å²) in [6.07, 6.45) is 0. The first kappa shape index (κ1) is 15.5. The first-order valence-electron chi connectivity index (χ1n) is 6.91. The highest BCUT2D eigenvalue weighted by atomic mass is 16.5. The molecule has 3 aromatic rings. The molecule has 3 N–H and O–H groups in total.